The molecule has 7 heteroatoms. The van der Waals surface area contributed by atoms with E-state index in [9.17, 15) is 4.39 Å². The summed E-state index contributed by atoms with van der Waals surface area (Å²) in [6.45, 7) is 0.509. The number of nitrogens with zero attached hydrogens (tertiary/aromatic N) is 3. The number of nitrogens with two attached hydrogens (primary N) is 1. The quantitative estimate of drug-likeness (QED) is 0.724. The first-order valence-corrected chi connectivity index (χ1v) is 8.38. The largest absolute Gasteiger partial charge is 0.475 e. The van der Waals surface area contributed by atoms with Crippen LogP contribution in [0.1, 0.15) is 0 Å². The van der Waals surface area contributed by atoms with Crippen LogP contribution in [-0.4, -0.2) is 33.6 Å². The molecule has 0 unspecified atom stereocenters. The third-order valence-electron chi connectivity index (χ3n) is 3.19. The van der Waals surface area contributed by atoms with Gasteiger partial charge in [0.15, 0.2) is 5.52 Å². The van der Waals surface area contributed by atoms with Gasteiger partial charge in [-0.05, 0) is 42.7 Å². The molecule has 0 saturated carbocycles. The molecule has 0 atom stereocenters. The van der Waals surface area contributed by atoms with E-state index in [0.29, 0.717) is 29.2 Å². The van der Waals surface area contributed by atoms with Gasteiger partial charge in [0.1, 0.15) is 5.82 Å². The summed E-state index contributed by atoms with van der Waals surface area (Å²) in [5, 5.41) is 0. The van der Waals surface area contributed by atoms with E-state index in [0.717, 1.165) is 11.3 Å². The van der Waals surface area contributed by atoms with Gasteiger partial charge >= 0.3 is 0 Å². The van der Waals surface area contributed by atoms with Crippen molar-refractivity contribution in [2.45, 2.75) is 0 Å². The average Bonchev–Trinajstić information content (AvgIpc) is 2.55. The summed E-state index contributed by atoms with van der Waals surface area (Å²) >= 11 is 1.68. The van der Waals surface area contributed by atoms with Crippen molar-refractivity contribution in [1.29, 1.82) is 0 Å². The zero-order valence-corrected chi connectivity index (χ0v) is 13.3. The summed E-state index contributed by atoms with van der Waals surface area (Å²) in [5.74, 6) is 1.06. The van der Waals surface area contributed by atoms with Crippen molar-refractivity contribution in [3.63, 3.8) is 0 Å². The Kier molecular flexibility index (Phi) is 4.57. The molecule has 0 bridgehead atoms. The molecule has 118 valence electrons. The molecule has 5 nitrogen and oxygen atoms in total. The van der Waals surface area contributed by atoms with Crippen molar-refractivity contribution in [2.24, 2.45) is 0 Å². The molecule has 2 heterocycles. The molecular weight excluding hydrogens is 315 g/mol. The van der Waals surface area contributed by atoms with Crippen molar-refractivity contribution < 1.29 is 9.13 Å². The van der Waals surface area contributed by atoms with Crippen LogP contribution in [-0.2, 0) is 0 Å². The number of nitrogen functional groups attached to an aromatic ring is 1. The van der Waals surface area contributed by atoms with E-state index in [1.165, 1.54) is 12.1 Å². The Balaban J connectivity index is 2.04. The summed E-state index contributed by atoms with van der Waals surface area (Å²) in [6.07, 6.45) is 2.00. The van der Waals surface area contributed by atoms with Crippen molar-refractivity contribution >= 4 is 28.7 Å². The molecule has 0 amide bonds. The lowest BCUT2D eigenvalue weighted by molar-refractivity contribution is 0.334. The Morgan fingerprint density at radius 2 is 1.87 bits per heavy atom. The number of anilines is 1. The third-order valence-corrected chi connectivity index (χ3v) is 3.77. The van der Waals surface area contributed by atoms with Crippen LogP contribution in [0.15, 0.2) is 36.4 Å². The van der Waals surface area contributed by atoms with Crippen LogP contribution in [0.25, 0.3) is 22.3 Å². The highest BCUT2D eigenvalue weighted by atomic mass is 32.2. The normalized spacial score (nSPS) is 10.9. The van der Waals surface area contributed by atoms with Gasteiger partial charge in [0.25, 0.3) is 0 Å². The van der Waals surface area contributed by atoms with Crippen LogP contribution in [0.5, 0.6) is 5.88 Å². The minimum atomic E-state index is -0.285. The maximum absolute atomic E-state index is 13.1. The predicted octanol–water partition coefficient (Wildman–Crippen LogP) is 3.15. The average molecular weight is 330 g/mol. The van der Waals surface area contributed by atoms with E-state index in [4.69, 9.17) is 10.5 Å². The van der Waals surface area contributed by atoms with Crippen LogP contribution in [0.3, 0.4) is 0 Å². The van der Waals surface area contributed by atoms with E-state index < -0.39 is 0 Å². The third kappa shape index (κ3) is 3.50. The molecule has 0 aliphatic carbocycles. The summed E-state index contributed by atoms with van der Waals surface area (Å²) in [7, 11) is 0. The molecule has 0 saturated heterocycles. The number of rotatable bonds is 5. The number of pyridine rings is 1. The summed E-state index contributed by atoms with van der Waals surface area (Å²) < 4.78 is 18.7. The van der Waals surface area contributed by atoms with Gasteiger partial charge in [-0.1, -0.05) is 0 Å². The lowest BCUT2D eigenvalue weighted by Gasteiger charge is -2.09. The fourth-order valence-corrected chi connectivity index (χ4v) is 2.36. The second kappa shape index (κ2) is 6.78. The van der Waals surface area contributed by atoms with Gasteiger partial charge < -0.3 is 10.5 Å². The van der Waals surface area contributed by atoms with Gasteiger partial charge in [-0.2, -0.15) is 16.7 Å². The first kappa shape index (κ1) is 15.5. The fraction of sp³-hybridized carbons (Fsp3) is 0.188. The summed E-state index contributed by atoms with van der Waals surface area (Å²) in [4.78, 5) is 12.9. The van der Waals surface area contributed by atoms with Gasteiger partial charge in [-0.15, -0.1) is 0 Å². The van der Waals surface area contributed by atoms with Crippen molar-refractivity contribution in [2.75, 3.05) is 24.3 Å². The molecule has 3 rings (SSSR count). The molecule has 3 aromatic rings. The Morgan fingerprint density at radius 3 is 2.61 bits per heavy atom. The number of benzene rings is 1. The highest BCUT2D eigenvalue weighted by Crippen LogP contribution is 2.26. The standard InChI is InChI=1S/C16H15FN4OS/c1-23-9-8-22-15-14-13(20-16(18)21-15)7-6-12(19-14)10-2-4-11(17)5-3-10/h2-7H,8-9H2,1H3,(H2,18,20,21). The first-order chi connectivity index (χ1) is 11.2. The maximum atomic E-state index is 13.1. The van der Waals surface area contributed by atoms with Crippen molar-refractivity contribution in [3.8, 4) is 17.1 Å². The fourth-order valence-electron chi connectivity index (χ4n) is 2.11. The lowest BCUT2D eigenvalue weighted by atomic mass is 10.1. The lowest BCUT2D eigenvalue weighted by Crippen LogP contribution is -2.06. The number of aromatic nitrogens is 3. The molecule has 1 aromatic carbocycles. The molecular formula is C16H15FN4OS. The van der Waals surface area contributed by atoms with Crippen molar-refractivity contribution in [1.82, 2.24) is 15.0 Å². The molecule has 2 N–H and O–H groups in total. The van der Waals surface area contributed by atoms with Crippen LogP contribution < -0.4 is 10.5 Å². The highest BCUT2D eigenvalue weighted by molar-refractivity contribution is 7.98. The number of fused-ring (bicyclic) bond motifs is 1. The number of hydrogen-bond acceptors (Lipinski definition) is 6. The number of halogens is 1. The second-order valence-corrected chi connectivity index (χ2v) is 5.78. The number of hydrogen-bond donors (Lipinski definition) is 1. The molecule has 0 radical (unpaired) electrons. The van der Waals surface area contributed by atoms with Crippen LogP contribution in [0, 0.1) is 5.82 Å². The first-order valence-electron chi connectivity index (χ1n) is 6.99. The molecule has 0 aliphatic rings. The number of ether oxygens (including phenoxy) is 1. The Hall–Kier alpha value is -2.41. The molecule has 0 fully saturated rings. The summed E-state index contributed by atoms with van der Waals surface area (Å²) in [5.41, 5.74) is 8.38. The minimum Gasteiger partial charge on any atom is -0.475 e. The van der Waals surface area contributed by atoms with Gasteiger partial charge in [0, 0.05) is 11.3 Å². The smallest absolute Gasteiger partial charge is 0.245 e. The van der Waals surface area contributed by atoms with Crippen LogP contribution in [0.2, 0.25) is 0 Å². The number of thioether (sulfide) groups is 1. The monoisotopic (exact) mass is 330 g/mol. The van der Waals surface area contributed by atoms with Crippen LogP contribution in [0.4, 0.5) is 10.3 Å². The van der Waals surface area contributed by atoms with E-state index in [1.807, 2.05) is 12.3 Å². The van der Waals surface area contributed by atoms with Gasteiger partial charge in [0.2, 0.25) is 11.8 Å². The summed E-state index contributed by atoms with van der Waals surface area (Å²) in [6, 6.07) is 9.77. The van der Waals surface area contributed by atoms with Gasteiger partial charge in [-0.3, -0.25) is 0 Å². The zero-order chi connectivity index (χ0) is 16.2. The predicted molar refractivity (Wildman–Crippen MR) is 91.0 cm³/mol. The Labute approximate surface area is 137 Å². The van der Waals surface area contributed by atoms with Crippen molar-refractivity contribution in [3.05, 3.63) is 42.2 Å². The van der Waals surface area contributed by atoms with E-state index in [1.54, 1.807) is 30.0 Å². The highest BCUT2D eigenvalue weighted by Gasteiger charge is 2.11. The zero-order valence-electron chi connectivity index (χ0n) is 12.5. The maximum Gasteiger partial charge on any atom is 0.245 e. The van der Waals surface area contributed by atoms with E-state index in [2.05, 4.69) is 15.0 Å². The Bertz CT molecular complexity index is 826. The van der Waals surface area contributed by atoms with Crippen LogP contribution >= 0.6 is 11.8 Å². The van der Waals surface area contributed by atoms with Gasteiger partial charge in [-0.25, -0.2) is 14.4 Å². The molecule has 23 heavy (non-hydrogen) atoms. The van der Waals surface area contributed by atoms with E-state index in [-0.39, 0.29) is 11.8 Å². The molecule has 0 spiro atoms. The SMILES string of the molecule is CSCCOc1nc(N)nc2ccc(-c3ccc(F)cc3)nc12. The second-order valence-electron chi connectivity index (χ2n) is 4.80. The van der Waals surface area contributed by atoms with E-state index >= 15 is 0 Å². The van der Waals surface area contributed by atoms with Gasteiger partial charge in [0.05, 0.1) is 17.8 Å². The molecule has 0 aliphatic heterocycles. The topological polar surface area (TPSA) is 73.9 Å². The molecule has 2 aromatic heterocycles. The Morgan fingerprint density at radius 1 is 1.09 bits per heavy atom. The minimum absolute atomic E-state index is 0.146.